The fourth-order valence-corrected chi connectivity index (χ4v) is 3.40. The molecule has 0 saturated carbocycles. The summed E-state index contributed by atoms with van der Waals surface area (Å²) in [5.41, 5.74) is 2.52. The Labute approximate surface area is 164 Å². The third-order valence-electron chi connectivity index (χ3n) is 4.95. The van der Waals surface area contributed by atoms with E-state index in [-0.39, 0.29) is 5.91 Å². The lowest BCUT2D eigenvalue weighted by molar-refractivity contribution is 0.0374. The number of carbonyl (C=O) groups excluding carboxylic acids is 1. The van der Waals surface area contributed by atoms with Crippen LogP contribution in [-0.4, -0.2) is 65.0 Å². The lowest BCUT2D eigenvalue weighted by atomic mass is 10.2. The van der Waals surface area contributed by atoms with E-state index in [1.54, 1.807) is 12.4 Å². The van der Waals surface area contributed by atoms with Gasteiger partial charge in [-0.3, -0.25) is 9.69 Å². The van der Waals surface area contributed by atoms with Crippen LogP contribution in [0.4, 0.5) is 0 Å². The average molecular weight is 379 g/mol. The highest BCUT2D eigenvalue weighted by molar-refractivity contribution is 5.96. The summed E-state index contributed by atoms with van der Waals surface area (Å²) in [7, 11) is 0. The summed E-state index contributed by atoms with van der Waals surface area (Å²) in [4.78, 5) is 19.3. The molecular formula is C21H25N5O2. The van der Waals surface area contributed by atoms with Gasteiger partial charge < -0.3 is 10.1 Å². The zero-order valence-electron chi connectivity index (χ0n) is 15.9. The van der Waals surface area contributed by atoms with Gasteiger partial charge in [-0.2, -0.15) is 5.10 Å². The second-order valence-corrected chi connectivity index (χ2v) is 6.99. The predicted octanol–water partition coefficient (Wildman–Crippen LogP) is 1.93. The number of fused-ring (bicyclic) bond motifs is 1. The summed E-state index contributed by atoms with van der Waals surface area (Å²) < 4.78 is 7.20. The Morgan fingerprint density at radius 1 is 1.14 bits per heavy atom. The Morgan fingerprint density at radius 2 is 1.96 bits per heavy atom. The van der Waals surface area contributed by atoms with Crippen molar-refractivity contribution in [3.8, 4) is 0 Å². The van der Waals surface area contributed by atoms with Crippen LogP contribution in [-0.2, 0) is 11.3 Å². The van der Waals surface area contributed by atoms with Crippen LogP contribution < -0.4 is 5.32 Å². The van der Waals surface area contributed by atoms with Gasteiger partial charge in [0.1, 0.15) is 0 Å². The van der Waals surface area contributed by atoms with Gasteiger partial charge in [-0.15, -0.1) is 0 Å². The second kappa shape index (κ2) is 8.95. The number of benzene rings is 1. The highest BCUT2D eigenvalue weighted by Gasteiger charge is 2.12. The number of nitrogens with zero attached hydrogens (tertiary/aromatic N) is 4. The highest BCUT2D eigenvalue weighted by Crippen LogP contribution is 2.14. The molecule has 0 radical (unpaired) electrons. The number of nitrogens with one attached hydrogen (secondary N) is 1. The molecule has 0 spiro atoms. The molecule has 4 rings (SSSR count). The second-order valence-electron chi connectivity index (χ2n) is 6.99. The number of hydrogen-bond donors (Lipinski definition) is 1. The quantitative estimate of drug-likeness (QED) is 0.635. The first kappa shape index (κ1) is 18.6. The Bertz CT molecular complexity index is 919. The Kier molecular flexibility index (Phi) is 5.94. The lowest BCUT2D eigenvalue weighted by Crippen LogP contribution is -2.38. The van der Waals surface area contributed by atoms with Crippen LogP contribution in [0.1, 0.15) is 22.3 Å². The van der Waals surface area contributed by atoms with Crippen LogP contribution in [0.25, 0.3) is 11.0 Å². The number of pyridine rings is 1. The van der Waals surface area contributed by atoms with Gasteiger partial charge in [-0.1, -0.05) is 30.3 Å². The van der Waals surface area contributed by atoms with E-state index in [9.17, 15) is 4.79 Å². The summed E-state index contributed by atoms with van der Waals surface area (Å²) in [6, 6.07) is 12.0. The summed E-state index contributed by atoms with van der Waals surface area (Å²) in [6.45, 7) is 5.84. The summed E-state index contributed by atoms with van der Waals surface area (Å²) >= 11 is 0. The van der Waals surface area contributed by atoms with Crippen molar-refractivity contribution < 1.29 is 9.53 Å². The minimum absolute atomic E-state index is 0.0906. The zero-order valence-corrected chi connectivity index (χ0v) is 15.9. The molecule has 0 bridgehead atoms. The molecule has 3 aromatic rings. The minimum Gasteiger partial charge on any atom is -0.379 e. The van der Waals surface area contributed by atoms with Crippen molar-refractivity contribution in [1.82, 2.24) is 25.0 Å². The normalized spacial score (nSPS) is 15.0. The third-order valence-corrected chi connectivity index (χ3v) is 4.95. The Hall–Kier alpha value is -2.77. The fourth-order valence-electron chi connectivity index (χ4n) is 3.40. The molecule has 1 amide bonds. The van der Waals surface area contributed by atoms with Crippen molar-refractivity contribution in [3.63, 3.8) is 0 Å². The molecule has 2 aromatic heterocycles. The number of rotatable bonds is 7. The van der Waals surface area contributed by atoms with Crippen LogP contribution >= 0.6 is 0 Å². The van der Waals surface area contributed by atoms with Gasteiger partial charge in [0.2, 0.25) is 0 Å². The van der Waals surface area contributed by atoms with Crippen molar-refractivity contribution in [2.45, 2.75) is 13.0 Å². The minimum atomic E-state index is -0.0906. The molecule has 1 aliphatic rings. The molecule has 3 heterocycles. The smallest absolute Gasteiger partial charge is 0.252 e. The molecule has 7 nitrogen and oxygen atoms in total. The molecule has 1 aromatic carbocycles. The van der Waals surface area contributed by atoms with Gasteiger partial charge in [0.25, 0.3) is 5.91 Å². The van der Waals surface area contributed by atoms with Gasteiger partial charge in [-0.05, 0) is 24.6 Å². The molecular weight excluding hydrogens is 354 g/mol. The van der Waals surface area contributed by atoms with Gasteiger partial charge >= 0.3 is 0 Å². The number of morpholine rings is 1. The maximum atomic E-state index is 12.4. The number of aromatic nitrogens is 3. The van der Waals surface area contributed by atoms with Crippen LogP contribution in [0.5, 0.6) is 0 Å². The molecule has 0 aliphatic carbocycles. The van der Waals surface area contributed by atoms with Crippen molar-refractivity contribution in [1.29, 1.82) is 0 Å². The number of carbonyl (C=O) groups is 1. The number of ether oxygens (including phenoxy) is 1. The highest BCUT2D eigenvalue weighted by atomic mass is 16.5. The van der Waals surface area contributed by atoms with E-state index in [1.165, 1.54) is 0 Å². The van der Waals surface area contributed by atoms with E-state index in [0.717, 1.165) is 55.9 Å². The zero-order chi connectivity index (χ0) is 19.2. The summed E-state index contributed by atoms with van der Waals surface area (Å²) in [6.07, 6.45) is 4.32. The summed E-state index contributed by atoms with van der Waals surface area (Å²) in [5, 5.41) is 8.28. The van der Waals surface area contributed by atoms with Crippen molar-refractivity contribution in [2.24, 2.45) is 0 Å². The molecule has 1 aliphatic heterocycles. The van der Waals surface area contributed by atoms with Gasteiger partial charge in [-0.25, -0.2) is 9.67 Å². The molecule has 0 unspecified atom stereocenters. The summed E-state index contributed by atoms with van der Waals surface area (Å²) in [5.74, 6) is -0.0906. The Morgan fingerprint density at radius 3 is 2.79 bits per heavy atom. The molecule has 28 heavy (non-hydrogen) atoms. The van der Waals surface area contributed by atoms with E-state index in [0.29, 0.717) is 18.7 Å². The average Bonchev–Trinajstić information content (AvgIpc) is 3.14. The third kappa shape index (κ3) is 4.55. The molecule has 0 atom stereocenters. The largest absolute Gasteiger partial charge is 0.379 e. The van der Waals surface area contributed by atoms with Crippen LogP contribution in [0.2, 0.25) is 0 Å². The lowest BCUT2D eigenvalue weighted by Gasteiger charge is -2.26. The van der Waals surface area contributed by atoms with E-state index in [1.807, 2.05) is 28.9 Å². The van der Waals surface area contributed by atoms with Gasteiger partial charge in [0, 0.05) is 31.2 Å². The van der Waals surface area contributed by atoms with E-state index in [2.05, 4.69) is 32.4 Å². The monoisotopic (exact) mass is 379 g/mol. The van der Waals surface area contributed by atoms with E-state index >= 15 is 0 Å². The molecule has 1 fully saturated rings. The van der Waals surface area contributed by atoms with Crippen LogP contribution in [0, 0.1) is 0 Å². The van der Waals surface area contributed by atoms with Gasteiger partial charge in [0.05, 0.1) is 31.5 Å². The first-order chi connectivity index (χ1) is 13.8. The van der Waals surface area contributed by atoms with Crippen molar-refractivity contribution >= 4 is 16.9 Å². The number of hydrogen-bond acceptors (Lipinski definition) is 5. The Balaban J connectivity index is 1.33. The molecule has 1 saturated heterocycles. The maximum absolute atomic E-state index is 12.4. The SMILES string of the molecule is O=C(NCCCN1CCOCC1)c1cnc2c(cnn2Cc2ccccc2)c1. The van der Waals surface area contributed by atoms with E-state index in [4.69, 9.17) is 4.74 Å². The molecule has 1 N–H and O–H groups in total. The van der Waals surface area contributed by atoms with Crippen LogP contribution in [0.3, 0.4) is 0 Å². The van der Waals surface area contributed by atoms with Gasteiger partial charge in [0.15, 0.2) is 5.65 Å². The predicted molar refractivity (Wildman–Crippen MR) is 107 cm³/mol. The van der Waals surface area contributed by atoms with Crippen molar-refractivity contribution in [3.05, 3.63) is 59.9 Å². The maximum Gasteiger partial charge on any atom is 0.252 e. The van der Waals surface area contributed by atoms with E-state index < -0.39 is 0 Å². The standard InChI is InChI=1S/C21H25N5O2/c27-21(22-7-4-8-25-9-11-28-12-10-25)19-13-18-15-24-26(20(18)23-14-19)16-17-5-2-1-3-6-17/h1-3,5-6,13-15H,4,7-12,16H2,(H,22,27). The molecule has 7 heteroatoms. The fraction of sp³-hybridized carbons (Fsp3) is 0.381. The first-order valence-corrected chi connectivity index (χ1v) is 9.73. The molecule has 146 valence electrons. The number of amides is 1. The van der Waals surface area contributed by atoms with Crippen LogP contribution in [0.15, 0.2) is 48.8 Å². The topological polar surface area (TPSA) is 72.3 Å². The van der Waals surface area contributed by atoms with Crippen molar-refractivity contribution in [2.75, 3.05) is 39.4 Å². The first-order valence-electron chi connectivity index (χ1n) is 9.73.